The largest absolute Gasteiger partial charge is 0.323 e. The summed E-state index contributed by atoms with van der Waals surface area (Å²) in [6.07, 6.45) is 1.00. The molecule has 23 heavy (non-hydrogen) atoms. The molecule has 2 amide bonds. The van der Waals surface area contributed by atoms with Crippen molar-refractivity contribution in [3.63, 3.8) is 0 Å². The number of anilines is 2. The Morgan fingerprint density at radius 1 is 1.09 bits per heavy atom. The number of benzene rings is 2. The molecule has 4 heteroatoms. The Hall–Kier alpha value is -2.33. The van der Waals surface area contributed by atoms with Crippen molar-refractivity contribution in [3.8, 4) is 0 Å². The summed E-state index contributed by atoms with van der Waals surface area (Å²) in [5.74, 6) is 0.364. The molecule has 1 heterocycles. The standard InChI is InChI=1S/C19H23N3O/c1-13(2)17-5-3-4-6-18(17)22-19(23)21-16-8-7-15-12-20-10-9-14(15)11-16/h3-8,11,13,20H,9-10,12H2,1-2H3,(H2,21,22,23). The van der Waals surface area contributed by atoms with E-state index in [-0.39, 0.29) is 6.03 Å². The van der Waals surface area contributed by atoms with Crippen molar-refractivity contribution in [1.29, 1.82) is 0 Å². The van der Waals surface area contributed by atoms with E-state index in [4.69, 9.17) is 0 Å². The van der Waals surface area contributed by atoms with E-state index in [1.807, 2.05) is 30.3 Å². The molecule has 120 valence electrons. The van der Waals surface area contributed by atoms with Gasteiger partial charge >= 0.3 is 6.03 Å². The Labute approximate surface area is 137 Å². The molecule has 4 nitrogen and oxygen atoms in total. The molecule has 2 aromatic carbocycles. The first-order valence-corrected chi connectivity index (χ1v) is 8.13. The van der Waals surface area contributed by atoms with Crippen LogP contribution >= 0.6 is 0 Å². The second-order valence-corrected chi connectivity index (χ2v) is 6.23. The second kappa shape index (κ2) is 6.84. The predicted octanol–water partition coefficient (Wildman–Crippen LogP) is 4.10. The zero-order valence-corrected chi connectivity index (χ0v) is 13.6. The molecule has 0 saturated heterocycles. The van der Waals surface area contributed by atoms with Gasteiger partial charge in [0.1, 0.15) is 0 Å². The number of nitrogens with one attached hydrogen (secondary N) is 3. The van der Waals surface area contributed by atoms with Crippen molar-refractivity contribution in [3.05, 3.63) is 59.2 Å². The molecule has 1 aliphatic heterocycles. The summed E-state index contributed by atoms with van der Waals surface area (Å²) >= 11 is 0. The van der Waals surface area contributed by atoms with Crippen molar-refractivity contribution < 1.29 is 4.79 Å². The number of rotatable bonds is 3. The molecular formula is C19H23N3O. The van der Waals surface area contributed by atoms with Crippen LogP contribution in [0, 0.1) is 0 Å². The van der Waals surface area contributed by atoms with Gasteiger partial charge in [0.15, 0.2) is 0 Å². The highest BCUT2D eigenvalue weighted by Crippen LogP contribution is 2.24. The molecule has 2 aromatic rings. The highest BCUT2D eigenvalue weighted by atomic mass is 16.2. The lowest BCUT2D eigenvalue weighted by molar-refractivity contribution is 0.262. The highest BCUT2D eigenvalue weighted by Gasteiger charge is 2.12. The topological polar surface area (TPSA) is 53.2 Å². The van der Waals surface area contributed by atoms with Crippen LogP contribution in [0.25, 0.3) is 0 Å². The van der Waals surface area contributed by atoms with Gasteiger partial charge in [-0.3, -0.25) is 0 Å². The van der Waals surface area contributed by atoms with Crippen LogP contribution in [0.4, 0.5) is 16.2 Å². The first-order valence-electron chi connectivity index (χ1n) is 8.13. The van der Waals surface area contributed by atoms with Crippen LogP contribution in [0.3, 0.4) is 0 Å². The van der Waals surface area contributed by atoms with Crippen molar-refractivity contribution in [1.82, 2.24) is 5.32 Å². The van der Waals surface area contributed by atoms with E-state index < -0.39 is 0 Å². The quantitative estimate of drug-likeness (QED) is 0.799. The summed E-state index contributed by atoms with van der Waals surface area (Å²) in [5.41, 5.74) is 5.46. The van der Waals surface area contributed by atoms with E-state index in [9.17, 15) is 4.79 Å². The number of carbonyl (C=O) groups excluding carboxylic acids is 1. The molecule has 3 rings (SSSR count). The van der Waals surface area contributed by atoms with Crippen molar-refractivity contribution >= 4 is 17.4 Å². The number of urea groups is 1. The van der Waals surface area contributed by atoms with E-state index in [0.29, 0.717) is 5.92 Å². The van der Waals surface area contributed by atoms with E-state index >= 15 is 0 Å². The summed E-state index contributed by atoms with van der Waals surface area (Å²) in [5, 5.41) is 9.25. The molecule has 0 atom stereocenters. The Bertz CT molecular complexity index is 710. The third kappa shape index (κ3) is 3.71. The summed E-state index contributed by atoms with van der Waals surface area (Å²) in [6, 6.07) is 13.8. The molecular weight excluding hydrogens is 286 g/mol. The van der Waals surface area contributed by atoms with Gasteiger partial charge in [0.05, 0.1) is 0 Å². The molecule has 3 N–H and O–H groups in total. The van der Waals surface area contributed by atoms with Gasteiger partial charge < -0.3 is 16.0 Å². The first-order chi connectivity index (χ1) is 11.1. The number of hydrogen-bond donors (Lipinski definition) is 3. The van der Waals surface area contributed by atoms with Crippen LogP contribution in [0.1, 0.15) is 36.5 Å². The average molecular weight is 309 g/mol. The van der Waals surface area contributed by atoms with Gasteiger partial charge in [-0.15, -0.1) is 0 Å². The summed E-state index contributed by atoms with van der Waals surface area (Å²) in [4.78, 5) is 12.3. The minimum Gasteiger partial charge on any atom is -0.312 e. The van der Waals surface area contributed by atoms with Crippen LogP contribution < -0.4 is 16.0 Å². The molecule has 0 spiro atoms. The van der Waals surface area contributed by atoms with Gasteiger partial charge in [-0.2, -0.15) is 0 Å². The molecule has 0 aromatic heterocycles. The SMILES string of the molecule is CC(C)c1ccccc1NC(=O)Nc1ccc2c(c1)CCNC2. The Morgan fingerprint density at radius 3 is 2.74 bits per heavy atom. The lowest BCUT2D eigenvalue weighted by Crippen LogP contribution is -2.24. The Kier molecular flexibility index (Phi) is 4.63. The van der Waals surface area contributed by atoms with Crippen molar-refractivity contribution in [2.45, 2.75) is 32.7 Å². The fraction of sp³-hybridized carbons (Fsp3) is 0.316. The average Bonchev–Trinajstić information content (AvgIpc) is 2.55. The molecule has 0 saturated carbocycles. The van der Waals surface area contributed by atoms with E-state index in [1.54, 1.807) is 0 Å². The van der Waals surface area contributed by atoms with Crippen LogP contribution in [0.2, 0.25) is 0 Å². The van der Waals surface area contributed by atoms with Gasteiger partial charge in [-0.05, 0) is 53.8 Å². The van der Waals surface area contributed by atoms with Crippen LogP contribution in [0.15, 0.2) is 42.5 Å². The molecule has 0 fully saturated rings. The van der Waals surface area contributed by atoms with E-state index in [0.717, 1.165) is 36.4 Å². The maximum absolute atomic E-state index is 12.3. The fourth-order valence-corrected chi connectivity index (χ4v) is 2.95. The normalized spacial score (nSPS) is 13.5. The highest BCUT2D eigenvalue weighted by molar-refractivity contribution is 6.00. The smallest absolute Gasteiger partial charge is 0.312 e. The fourth-order valence-electron chi connectivity index (χ4n) is 2.95. The number of fused-ring (bicyclic) bond motifs is 1. The molecule has 1 aliphatic rings. The zero-order chi connectivity index (χ0) is 16.2. The molecule has 0 aliphatic carbocycles. The lowest BCUT2D eigenvalue weighted by atomic mass is 10.0. The number of para-hydroxylation sites is 1. The maximum atomic E-state index is 12.3. The third-order valence-electron chi connectivity index (χ3n) is 4.18. The summed E-state index contributed by atoms with van der Waals surface area (Å²) < 4.78 is 0. The Morgan fingerprint density at radius 2 is 1.91 bits per heavy atom. The van der Waals surface area contributed by atoms with Gasteiger partial charge in [-0.25, -0.2) is 4.79 Å². The van der Waals surface area contributed by atoms with E-state index in [2.05, 4.69) is 41.9 Å². The minimum absolute atomic E-state index is 0.202. The lowest BCUT2D eigenvalue weighted by Gasteiger charge is -2.18. The number of amides is 2. The predicted molar refractivity (Wildman–Crippen MR) is 95.0 cm³/mol. The van der Waals surface area contributed by atoms with Gasteiger partial charge in [0, 0.05) is 17.9 Å². The first kappa shape index (κ1) is 15.6. The second-order valence-electron chi connectivity index (χ2n) is 6.23. The van der Waals surface area contributed by atoms with Crippen LogP contribution in [-0.2, 0) is 13.0 Å². The van der Waals surface area contributed by atoms with Gasteiger partial charge in [-0.1, -0.05) is 38.1 Å². The molecule has 0 radical (unpaired) electrons. The Balaban J connectivity index is 1.70. The third-order valence-corrected chi connectivity index (χ3v) is 4.18. The monoisotopic (exact) mass is 309 g/mol. The zero-order valence-electron chi connectivity index (χ0n) is 13.6. The molecule has 0 unspecified atom stereocenters. The number of carbonyl (C=O) groups is 1. The van der Waals surface area contributed by atoms with Crippen molar-refractivity contribution in [2.75, 3.05) is 17.2 Å². The van der Waals surface area contributed by atoms with Crippen molar-refractivity contribution in [2.24, 2.45) is 0 Å². The minimum atomic E-state index is -0.202. The maximum Gasteiger partial charge on any atom is 0.323 e. The summed E-state index contributed by atoms with van der Waals surface area (Å²) in [7, 11) is 0. The van der Waals surface area contributed by atoms with Crippen LogP contribution in [0.5, 0.6) is 0 Å². The summed E-state index contributed by atoms with van der Waals surface area (Å²) in [6.45, 7) is 6.14. The van der Waals surface area contributed by atoms with E-state index in [1.165, 1.54) is 11.1 Å². The number of hydrogen-bond acceptors (Lipinski definition) is 2. The van der Waals surface area contributed by atoms with Gasteiger partial charge in [0.25, 0.3) is 0 Å². The molecule has 0 bridgehead atoms. The van der Waals surface area contributed by atoms with Crippen LogP contribution in [-0.4, -0.2) is 12.6 Å². The van der Waals surface area contributed by atoms with Gasteiger partial charge in [0.2, 0.25) is 0 Å².